The second-order valence-electron chi connectivity index (χ2n) is 8.50. The number of β-amino-alcohol motifs (C(OH)–C–C–N with tert-alkyl or cyclic N) is 1. The van der Waals surface area contributed by atoms with Crippen LogP contribution >= 0.6 is 23.2 Å². The van der Waals surface area contributed by atoms with Crippen LogP contribution in [-0.2, 0) is 0 Å². The van der Waals surface area contributed by atoms with Crippen molar-refractivity contribution in [2.75, 3.05) is 31.6 Å². The van der Waals surface area contributed by atoms with Crippen molar-refractivity contribution in [2.24, 2.45) is 0 Å². The van der Waals surface area contributed by atoms with Gasteiger partial charge in [0.05, 0.1) is 15.7 Å². The fraction of sp³-hybridized carbons (Fsp3) is 0.480. The second-order valence-corrected chi connectivity index (χ2v) is 9.31. The zero-order valence-electron chi connectivity index (χ0n) is 19.1. The molecule has 2 aromatic carbocycles. The van der Waals surface area contributed by atoms with E-state index in [1.54, 1.807) is 42.5 Å². The number of piperidine rings is 1. The molecule has 1 atom stereocenters. The number of ether oxygens (including phenoxy) is 2. The van der Waals surface area contributed by atoms with Gasteiger partial charge in [-0.05, 0) is 37.1 Å². The first-order chi connectivity index (χ1) is 16.4. The molecule has 2 aromatic rings. The highest BCUT2D eigenvalue weighted by atomic mass is 35.5. The van der Waals surface area contributed by atoms with Crippen molar-refractivity contribution >= 4 is 35.0 Å². The van der Waals surface area contributed by atoms with E-state index in [0.717, 1.165) is 25.9 Å². The number of hydrogen-bond acceptors (Lipinski definition) is 5. The molecule has 9 heteroatoms. The molecule has 1 saturated carbocycles. The zero-order chi connectivity index (χ0) is 24.3. The molecule has 2 aliphatic rings. The van der Waals surface area contributed by atoms with Gasteiger partial charge in [-0.3, -0.25) is 5.32 Å². The van der Waals surface area contributed by atoms with Crippen LogP contribution in [-0.4, -0.2) is 59.7 Å². The first kappa shape index (κ1) is 26.4. The third kappa shape index (κ3) is 8.87. The number of aliphatic hydroxyl groups excluding tert-OH is 1. The van der Waals surface area contributed by atoms with Gasteiger partial charge >= 0.3 is 6.09 Å². The molecule has 1 amide bonds. The summed E-state index contributed by atoms with van der Waals surface area (Å²) in [7, 11) is 0. The Kier molecular flexibility index (Phi) is 10.6. The number of likely N-dealkylation sites (tertiary alicyclic amines) is 1. The predicted molar refractivity (Wildman–Crippen MR) is 135 cm³/mol. The molecule has 1 saturated heterocycles. The minimum atomic E-state index is -1.17. The zero-order valence-corrected chi connectivity index (χ0v) is 20.6. The molecule has 0 radical (unpaired) electrons. The predicted octanol–water partition coefficient (Wildman–Crippen LogP) is 5.93. The molecule has 2 fully saturated rings. The molecule has 0 aromatic heterocycles. The van der Waals surface area contributed by atoms with Crippen LogP contribution in [0.4, 0.5) is 10.5 Å². The van der Waals surface area contributed by atoms with Gasteiger partial charge in [-0.25, -0.2) is 4.79 Å². The Morgan fingerprint density at radius 3 is 2.35 bits per heavy atom. The third-order valence-electron chi connectivity index (χ3n) is 5.76. The Morgan fingerprint density at radius 2 is 1.74 bits per heavy atom. The maximum Gasteiger partial charge on any atom is 0.409 e. The average Bonchev–Trinajstić information content (AvgIpc) is 2.75. The molecular formula is C25H32Cl2N2O5. The highest BCUT2D eigenvalue weighted by Gasteiger charge is 2.23. The Labute approximate surface area is 210 Å². The van der Waals surface area contributed by atoms with Crippen molar-refractivity contribution in [1.29, 1.82) is 0 Å². The summed E-state index contributed by atoms with van der Waals surface area (Å²) in [6, 6.07) is 12.0. The lowest BCUT2D eigenvalue weighted by Gasteiger charge is -2.33. The number of nitrogens with one attached hydrogen (secondary N) is 1. The highest BCUT2D eigenvalue weighted by molar-refractivity contribution is 6.42. The summed E-state index contributed by atoms with van der Waals surface area (Å²) in [5.74, 6) is 1.08. The molecule has 1 heterocycles. The molecule has 34 heavy (non-hydrogen) atoms. The number of carbonyl (C=O) groups is 1. The number of amides is 1. The Balaban J connectivity index is 0.000000732. The number of carboxylic acid groups (broad SMARTS) is 1. The number of benzene rings is 2. The van der Waals surface area contributed by atoms with Crippen molar-refractivity contribution in [1.82, 2.24) is 4.90 Å². The van der Waals surface area contributed by atoms with E-state index >= 15 is 0 Å². The first-order valence-electron chi connectivity index (χ1n) is 11.6. The molecule has 186 valence electrons. The number of para-hydroxylation sites is 2. The summed E-state index contributed by atoms with van der Waals surface area (Å²) >= 11 is 12.0. The molecule has 1 aliphatic carbocycles. The second kappa shape index (κ2) is 13.6. The van der Waals surface area contributed by atoms with Crippen LogP contribution in [0.25, 0.3) is 0 Å². The fourth-order valence-electron chi connectivity index (χ4n) is 3.55. The monoisotopic (exact) mass is 510 g/mol. The van der Waals surface area contributed by atoms with E-state index in [0.29, 0.717) is 33.8 Å². The normalized spacial score (nSPS) is 17.0. The lowest BCUT2D eigenvalue weighted by molar-refractivity contribution is 0.0403. The summed E-state index contributed by atoms with van der Waals surface area (Å²) in [5.41, 5.74) is 0.345. The quantitative estimate of drug-likeness (QED) is 0.407. The van der Waals surface area contributed by atoms with Gasteiger partial charge < -0.3 is 24.6 Å². The highest BCUT2D eigenvalue weighted by Crippen LogP contribution is 2.28. The smallest absolute Gasteiger partial charge is 0.409 e. The van der Waals surface area contributed by atoms with Gasteiger partial charge in [0.1, 0.15) is 30.3 Å². The number of aliphatic hydroxyl groups is 1. The Morgan fingerprint density at radius 1 is 1.06 bits per heavy atom. The van der Waals surface area contributed by atoms with E-state index in [2.05, 4.69) is 10.2 Å². The Bertz CT molecular complexity index is 914. The van der Waals surface area contributed by atoms with Crippen LogP contribution in [0.3, 0.4) is 0 Å². The summed E-state index contributed by atoms with van der Waals surface area (Å²) < 4.78 is 11.6. The van der Waals surface area contributed by atoms with Gasteiger partial charge in [-0.2, -0.15) is 0 Å². The van der Waals surface area contributed by atoms with Crippen LogP contribution in [0.1, 0.15) is 38.5 Å². The van der Waals surface area contributed by atoms with Crippen LogP contribution < -0.4 is 14.8 Å². The van der Waals surface area contributed by atoms with Gasteiger partial charge in [0, 0.05) is 25.7 Å². The van der Waals surface area contributed by atoms with Crippen LogP contribution in [0.2, 0.25) is 10.0 Å². The minimum Gasteiger partial charge on any atom is -0.490 e. The summed E-state index contributed by atoms with van der Waals surface area (Å²) in [6.07, 6.45) is 5.88. The van der Waals surface area contributed by atoms with Crippen molar-refractivity contribution in [3.63, 3.8) is 0 Å². The van der Waals surface area contributed by atoms with E-state index in [9.17, 15) is 9.90 Å². The summed E-state index contributed by atoms with van der Waals surface area (Å²) in [5, 5.41) is 22.5. The number of rotatable bonds is 8. The van der Waals surface area contributed by atoms with Gasteiger partial charge in [0.2, 0.25) is 0 Å². The lowest BCUT2D eigenvalue weighted by Crippen LogP contribution is -2.43. The molecule has 4 rings (SSSR count). The molecule has 1 aliphatic heterocycles. The summed E-state index contributed by atoms with van der Waals surface area (Å²) in [4.78, 5) is 13.0. The standard InChI is InChI=1S/C21H24Cl2N2O5.C4H8/c22-17-6-5-16(11-18(17)23)30-15-7-9-25(10-8-15)12-14(26)13-29-20-4-2-1-3-19(20)24-21(27)28;1-2-4-3-1/h1-6,11,14-15,24,26H,7-10,12-13H2,(H,27,28);1-4H2. The van der Waals surface area contributed by atoms with Gasteiger partial charge in [0.15, 0.2) is 0 Å². The summed E-state index contributed by atoms with van der Waals surface area (Å²) in [6.45, 7) is 2.12. The van der Waals surface area contributed by atoms with E-state index in [4.69, 9.17) is 37.8 Å². The maximum atomic E-state index is 10.8. The van der Waals surface area contributed by atoms with Crippen LogP contribution in [0.15, 0.2) is 42.5 Å². The van der Waals surface area contributed by atoms with E-state index in [1.165, 1.54) is 25.7 Å². The van der Waals surface area contributed by atoms with Gasteiger partial charge in [0.25, 0.3) is 0 Å². The molecule has 0 bridgehead atoms. The first-order valence-corrected chi connectivity index (χ1v) is 12.4. The fourth-order valence-corrected chi connectivity index (χ4v) is 3.84. The van der Waals surface area contributed by atoms with Crippen LogP contribution in [0, 0.1) is 0 Å². The SMILES string of the molecule is C1CCC1.O=C(O)Nc1ccccc1OCC(O)CN1CCC(Oc2ccc(Cl)c(Cl)c2)CC1. The largest absolute Gasteiger partial charge is 0.490 e. The van der Waals surface area contributed by atoms with Crippen LogP contribution in [0.5, 0.6) is 11.5 Å². The maximum absolute atomic E-state index is 10.8. The van der Waals surface area contributed by atoms with Gasteiger partial charge in [-0.1, -0.05) is 61.0 Å². The number of hydrogen-bond donors (Lipinski definition) is 3. The van der Waals surface area contributed by atoms with E-state index in [-0.39, 0.29) is 12.7 Å². The molecule has 7 nitrogen and oxygen atoms in total. The van der Waals surface area contributed by atoms with Crippen molar-refractivity contribution in [2.45, 2.75) is 50.7 Å². The van der Waals surface area contributed by atoms with E-state index in [1.807, 2.05) is 0 Å². The number of halogens is 2. The molecule has 3 N–H and O–H groups in total. The topological polar surface area (TPSA) is 91.3 Å². The minimum absolute atomic E-state index is 0.0675. The van der Waals surface area contributed by atoms with E-state index < -0.39 is 12.2 Å². The Hall–Kier alpha value is -2.19. The average molecular weight is 511 g/mol. The van der Waals surface area contributed by atoms with Crippen molar-refractivity contribution in [3.05, 3.63) is 52.5 Å². The molecule has 1 unspecified atom stereocenters. The number of anilines is 1. The lowest BCUT2D eigenvalue weighted by atomic mass is 10.0. The number of nitrogens with zero attached hydrogens (tertiary/aromatic N) is 1. The molecule has 0 spiro atoms. The third-order valence-corrected chi connectivity index (χ3v) is 6.50. The van der Waals surface area contributed by atoms with Crippen molar-refractivity contribution < 1.29 is 24.5 Å². The molecular weight excluding hydrogens is 479 g/mol. The van der Waals surface area contributed by atoms with Crippen molar-refractivity contribution in [3.8, 4) is 11.5 Å². The van der Waals surface area contributed by atoms with Gasteiger partial charge in [-0.15, -0.1) is 0 Å².